The lowest BCUT2D eigenvalue weighted by Crippen LogP contribution is -2.12. The molecule has 1 heterocycles. The fourth-order valence-corrected chi connectivity index (χ4v) is 1.64. The number of aryl methyl sites for hydroxylation is 1. The largest absolute Gasteiger partial charge is 0.321 e. The van der Waals surface area contributed by atoms with Gasteiger partial charge < -0.3 is 5.32 Å². The van der Waals surface area contributed by atoms with E-state index < -0.39 is 0 Å². The van der Waals surface area contributed by atoms with Crippen molar-refractivity contribution in [1.29, 1.82) is 10.5 Å². The van der Waals surface area contributed by atoms with Crippen molar-refractivity contribution in [2.75, 3.05) is 10.7 Å². The van der Waals surface area contributed by atoms with Crippen molar-refractivity contribution < 1.29 is 4.79 Å². The highest BCUT2D eigenvalue weighted by molar-refractivity contribution is 6.10. The second kappa shape index (κ2) is 7.34. The molecule has 7 nitrogen and oxygen atoms in total. The van der Waals surface area contributed by atoms with Gasteiger partial charge in [-0.2, -0.15) is 15.6 Å². The molecule has 23 heavy (non-hydrogen) atoms. The average molecular weight is 304 g/mol. The Balaban J connectivity index is 2.03. The first-order valence-electron chi connectivity index (χ1n) is 6.60. The third-order valence-corrected chi connectivity index (χ3v) is 2.82. The fourth-order valence-electron chi connectivity index (χ4n) is 1.64. The van der Waals surface area contributed by atoms with Crippen LogP contribution in [0.1, 0.15) is 16.1 Å². The summed E-state index contributed by atoms with van der Waals surface area (Å²) in [5, 5.41) is 23.5. The second-order valence-electron chi connectivity index (χ2n) is 4.52. The minimum atomic E-state index is -0.279. The monoisotopic (exact) mass is 304 g/mol. The van der Waals surface area contributed by atoms with Crippen LogP contribution in [-0.2, 0) is 0 Å². The van der Waals surface area contributed by atoms with E-state index in [4.69, 9.17) is 10.5 Å². The van der Waals surface area contributed by atoms with Gasteiger partial charge in [0.25, 0.3) is 5.91 Å². The number of pyridine rings is 1. The molecule has 0 saturated carbocycles. The van der Waals surface area contributed by atoms with Gasteiger partial charge in [-0.05, 0) is 43.3 Å². The first-order valence-corrected chi connectivity index (χ1v) is 6.60. The summed E-state index contributed by atoms with van der Waals surface area (Å²) in [5.41, 5.74) is 4.79. The molecule has 0 spiro atoms. The normalized spacial score (nSPS) is 9.17. The summed E-state index contributed by atoms with van der Waals surface area (Å²) in [7, 11) is 0. The van der Waals surface area contributed by atoms with E-state index in [0.29, 0.717) is 16.9 Å². The van der Waals surface area contributed by atoms with Crippen molar-refractivity contribution in [3.63, 3.8) is 0 Å². The molecule has 0 radical (unpaired) electrons. The number of hydrogen-bond donors (Lipinski definition) is 2. The van der Waals surface area contributed by atoms with E-state index in [1.807, 2.05) is 13.0 Å². The molecule has 7 heteroatoms. The van der Waals surface area contributed by atoms with E-state index in [1.54, 1.807) is 48.7 Å². The van der Waals surface area contributed by atoms with Gasteiger partial charge in [-0.3, -0.25) is 15.2 Å². The highest BCUT2D eigenvalue weighted by Gasteiger charge is 2.06. The molecule has 0 atom stereocenters. The lowest BCUT2D eigenvalue weighted by Gasteiger charge is -2.06. The Morgan fingerprint density at radius 1 is 1.09 bits per heavy atom. The van der Waals surface area contributed by atoms with Gasteiger partial charge in [0.15, 0.2) is 0 Å². The van der Waals surface area contributed by atoms with E-state index >= 15 is 0 Å². The molecule has 1 aromatic heterocycles. The van der Waals surface area contributed by atoms with Gasteiger partial charge in [-0.1, -0.05) is 0 Å². The van der Waals surface area contributed by atoms with Gasteiger partial charge in [0.2, 0.25) is 5.71 Å². The number of carbonyl (C=O) groups excluding carboxylic acids is 1. The molecule has 0 fully saturated rings. The number of anilines is 2. The minimum Gasteiger partial charge on any atom is -0.321 e. The Bertz CT molecular complexity index is 794. The topological polar surface area (TPSA) is 114 Å². The number of nitrogens with one attached hydrogen (secondary N) is 2. The SMILES string of the molecule is Cc1ccc(NC(=O)c2ccc(NN=C(C#N)C#N)cc2)cn1. The van der Waals surface area contributed by atoms with E-state index in [-0.39, 0.29) is 11.6 Å². The highest BCUT2D eigenvalue weighted by atomic mass is 16.1. The molecule has 0 aliphatic rings. The lowest BCUT2D eigenvalue weighted by atomic mass is 10.2. The Labute approximate surface area is 132 Å². The summed E-state index contributed by atoms with van der Waals surface area (Å²) in [4.78, 5) is 16.2. The maximum absolute atomic E-state index is 12.1. The van der Waals surface area contributed by atoms with Crippen LogP contribution in [0.15, 0.2) is 47.7 Å². The zero-order valence-electron chi connectivity index (χ0n) is 12.2. The Morgan fingerprint density at radius 2 is 1.74 bits per heavy atom. The molecule has 1 aromatic carbocycles. The van der Waals surface area contributed by atoms with Crippen molar-refractivity contribution in [3.05, 3.63) is 53.9 Å². The summed E-state index contributed by atoms with van der Waals surface area (Å²) in [6.07, 6.45) is 1.59. The van der Waals surface area contributed by atoms with E-state index in [2.05, 4.69) is 20.8 Å². The highest BCUT2D eigenvalue weighted by Crippen LogP contribution is 2.12. The molecule has 2 aromatic rings. The van der Waals surface area contributed by atoms with Crippen molar-refractivity contribution in [2.24, 2.45) is 5.10 Å². The van der Waals surface area contributed by atoms with Crippen LogP contribution in [-0.4, -0.2) is 16.6 Å². The number of benzene rings is 1. The van der Waals surface area contributed by atoms with Crippen LogP contribution in [0.3, 0.4) is 0 Å². The Kier molecular flexibility index (Phi) is 5.00. The quantitative estimate of drug-likeness (QED) is 0.665. The molecule has 112 valence electrons. The van der Waals surface area contributed by atoms with Crippen molar-refractivity contribution in [3.8, 4) is 12.1 Å². The third-order valence-electron chi connectivity index (χ3n) is 2.82. The minimum absolute atomic E-state index is 0.263. The predicted molar refractivity (Wildman–Crippen MR) is 85.7 cm³/mol. The van der Waals surface area contributed by atoms with Gasteiger partial charge in [0.1, 0.15) is 12.1 Å². The smallest absolute Gasteiger partial charge is 0.255 e. The number of aromatic nitrogens is 1. The summed E-state index contributed by atoms with van der Waals surface area (Å²) < 4.78 is 0. The van der Waals surface area contributed by atoms with Crippen LogP contribution < -0.4 is 10.7 Å². The zero-order chi connectivity index (χ0) is 16.7. The van der Waals surface area contributed by atoms with Gasteiger partial charge in [0, 0.05) is 11.3 Å². The molecule has 1 amide bonds. The number of nitrogens with zero attached hydrogens (tertiary/aromatic N) is 4. The average Bonchev–Trinajstić information content (AvgIpc) is 2.58. The number of nitriles is 2. The predicted octanol–water partition coefficient (Wildman–Crippen LogP) is 2.46. The van der Waals surface area contributed by atoms with Crippen LogP contribution in [0.5, 0.6) is 0 Å². The van der Waals surface area contributed by atoms with Crippen LogP contribution >= 0.6 is 0 Å². The van der Waals surface area contributed by atoms with Crippen LogP contribution in [0, 0.1) is 29.6 Å². The number of rotatable bonds is 4. The maximum atomic E-state index is 12.1. The summed E-state index contributed by atoms with van der Waals surface area (Å²) in [6, 6.07) is 13.3. The van der Waals surface area contributed by atoms with Crippen molar-refractivity contribution in [1.82, 2.24) is 4.98 Å². The molecule has 0 bridgehead atoms. The third kappa shape index (κ3) is 4.38. The first kappa shape index (κ1) is 15.7. The van der Waals surface area contributed by atoms with Crippen LogP contribution in [0.25, 0.3) is 0 Å². The van der Waals surface area contributed by atoms with Crippen molar-refractivity contribution in [2.45, 2.75) is 6.92 Å². The summed E-state index contributed by atoms with van der Waals surface area (Å²) in [5.74, 6) is -0.263. The van der Waals surface area contributed by atoms with Gasteiger partial charge in [0.05, 0.1) is 17.6 Å². The zero-order valence-corrected chi connectivity index (χ0v) is 12.2. The fraction of sp³-hybridized carbons (Fsp3) is 0.0625. The van der Waals surface area contributed by atoms with Gasteiger partial charge >= 0.3 is 0 Å². The molecular formula is C16H12N6O. The van der Waals surface area contributed by atoms with Crippen LogP contribution in [0.4, 0.5) is 11.4 Å². The Morgan fingerprint density at radius 3 is 2.30 bits per heavy atom. The number of hydrazone groups is 1. The summed E-state index contributed by atoms with van der Waals surface area (Å²) in [6.45, 7) is 1.86. The molecule has 2 N–H and O–H groups in total. The van der Waals surface area contributed by atoms with E-state index in [9.17, 15) is 4.79 Å². The number of hydrogen-bond acceptors (Lipinski definition) is 6. The maximum Gasteiger partial charge on any atom is 0.255 e. The molecule has 0 unspecified atom stereocenters. The van der Waals surface area contributed by atoms with Gasteiger partial charge in [-0.25, -0.2) is 0 Å². The first-order chi connectivity index (χ1) is 11.1. The molecule has 0 aliphatic heterocycles. The van der Waals surface area contributed by atoms with Crippen LogP contribution in [0.2, 0.25) is 0 Å². The van der Waals surface area contributed by atoms with Gasteiger partial charge in [-0.15, -0.1) is 0 Å². The number of carbonyl (C=O) groups is 1. The molecule has 2 rings (SSSR count). The Hall–Kier alpha value is -3.71. The van der Waals surface area contributed by atoms with E-state index in [1.165, 1.54) is 0 Å². The molecule has 0 saturated heterocycles. The molecule has 0 aliphatic carbocycles. The van der Waals surface area contributed by atoms with E-state index in [0.717, 1.165) is 5.69 Å². The summed E-state index contributed by atoms with van der Waals surface area (Å²) >= 11 is 0. The molecular weight excluding hydrogens is 292 g/mol. The standard InChI is InChI=1S/C16H12N6O/c1-11-2-5-14(10-19-11)20-16(23)12-3-6-13(7-4-12)21-22-15(8-17)9-18/h2-7,10,21H,1H3,(H,20,23). The van der Waals surface area contributed by atoms with Crippen molar-refractivity contribution >= 4 is 23.0 Å². The lowest BCUT2D eigenvalue weighted by molar-refractivity contribution is 0.102. The number of amides is 1. The second-order valence-corrected chi connectivity index (χ2v) is 4.52.